The van der Waals surface area contributed by atoms with Gasteiger partial charge in [0.1, 0.15) is 0 Å². The molecule has 0 saturated carbocycles. The fourth-order valence-electron chi connectivity index (χ4n) is 3.75. The largest absolute Gasteiger partial charge is 0.297 e. The third kappa shape index (κ3) is 4.41. The molecule has 4 rings (SSSR count). The van der Waals surface area contributed by atoms with Gasteiger partial charge in [0, 0.05) is 55.5 Å². The van der Waals surface area contributed by atoms with Crippen molar-refractivity contribution in [1.29, 1.82) is 0 Å². The van der Waals surface area contributed by atoms with Gasteiger partial charge in [-0.25, -0.2) is 0 Å². The summed E-state index contributed by atoms with van der Waals surface area (Å²) in [5, 5.41) is 8.50. The summed E-state index contributed by atoms with van der Waals surface area (Å²) >= 11 is 6.04. The van der Waals surface area contributed by atoms with E-state index in [1.54, 1.807) is 0 Å². The van der Waals surface area contributed by atoms with Crippen molar-refractivity contribution in [2.24, 2.45) is 0 Å². The van der Waals surface area contributed by atoms with Crippen molar-refractivity contribution in [1.82, 2.24) is 20.0 Å². The molecule has 0 bridgehead atoms. The Kier molecular flexibility index (Phi) is 5.58. The van der Waals surface area contributed by atoms with E-state index in [4.69, 9.17) is 11.6 Å². The Morgan fingerprint density at radius 3 is 2.19 bits per heavy atom. The van der Waals surface area contributed by atoms with Gasteiger partial charge in [0.05, 0.1) is 5.69 Å². The molecule has 2 aromatic carbocycles. The summed E-state index contributed by atoms with van der Waals surface area (Å²) in [6, 6.07) is 18.7. The molecule has 0 spiro atoms. The van der Waals surface area contributed by atoms with Crippen molar-refractivity contribution >= 4 is 11.6 Å². The quantitative estimate of drug-likeness (QED) is 0.714. The summed E-state index contributed by atoms with van der Waals surface area (Å²) in [7, 11) is 0. The van der Waals surface area contributed by atoms with E-state index in [0.29, 0.717) is 0 Å². The van der Waals surface area contributed by atoms with Crippen LogP contribution in [0.2, 0.25) is 5.02 Å². The lowest BCUT2D eigenvalue weighted by atomic mass is 10.0. The van der Waals surface area contributed by atoms with Gasteiger partial charge in [-0.05, 0) is 30.2 Å². The fraction of sp³-hybridized carbons (Fsp3) is 0.318. The molecule has 1 aromatic heterocycles. The second-order valence-corrected chi connectivity index (χ2v) is 7.65. The van der Waals surface area contributed by atoms with Gasteiger partial charge in [-0.1, -0.05) is 54.1 Å². The van der Waals surface area contributed by atoms with Crippen LogP contribution < -0.4 is 0 Å². The molecule has 1 N–H and O–H groups in total. The molecule has 5 heteroatoms. The third-order valence-electron chi connectivity index (χ3n) is 5.24. The number of benzene rings is 2. The molecule has 1 aliphatic heterocycles. The molecule has 4 nitrogen and oxygen atoms in total. The standard InChI is InChI=1S/C22H25ClN4/c1-17-22(19-7-9-20(23)10-8-19)21(25-24-17)16-27-13-11-26(12-14-27)15-18-5-3-2-4-6-18/h2-10H,11-16H2,1H3,(H,24,25). The molecule has 27 heavy (non-hydrogen) atoms. The maximum absolute atomic E-state index is 6.04. The van der Waals surface area contributed by atoms with E-state index in [2.05, 4.69) is 69.4 Å². The predicted molar refractivity (Wildman–Crippen MR) is 111 cm³/mol. The minimum Gasteiger partial charge on any atom is -0.297 e. The first-order chi connectivity index (χ1) is 13.2. The summed E-state index contributed by atoms with van der Waals surface area (Å²) < 4.78 is 0. The maximum Gasteiger partial charge on any atom is 0.0843 e. The smallest absolute Gasteiger partial charge is 0.0843 e. The molecular formula is C22H25ClN4. The molecule has 0 amide bonds. The van der Waals surface area contributed by atoms with Crippen LogP contribution in [0.4, 0.5) is 0 Å². The Morgan fingerprint density at radius 1 is 0.889 bits per heavy atom. The van der Waals surface area contributed by atoms with Crippen molar-refractivity contribution in [3.05, 3.63) is 76.6 Å². The van der Waals surface area contributed by atoms with E-state index in [9.17, 15) is 0 Å². The van der Waals surface area contributed by atoms with Gasteiger partial charge in [0.15, 0.2) is 0 Å². The number of H-pyrrole nitrogens is 1. The summed E-state index contributed by atoms with van der Waals surface area (Å²) in [4.78, 5) is 5.03. The van der Waals surface area contributed by atoms with E-state index < -0.39 is 0 Å². The van der Waals surface area contributed by atoms with E-state index >= 15 is 0 Å². The summed E-state index contributed by atoms with van der Waals surface area (Å²) in [6.07, 6.45) is 0. The molecule has 3 aromatic rings. The van der Waals surface area contributed by atoms with Gasteiger partial charge >= 0.3 is 0 Å². The predicted octanol–water partition coefficient (Wildman–Crippen LogP) is 4.36. The molecule has 2 heterocycles. The highest BCUT2D eigenvalue weighted by Crippen LogP contribution is 2.28. The van der Waals surface area contributed by atoms with Gasteiger partial charge in [0.2, 0.25) is 0 Å². The van der Waals surface area contributed by atoms with E-state index in [1.807, 2.05) is 12.1 Å². The zero-order valence-electron chi connectivity index (χ0n) is 15.7. The number of rotatable bonds is 5. The summed E-state index contributed by atoms with van der Waals surface area (Å²) in [5.74, 6) is 0. The Balaban J connectivity index is 1.39. The summed E-state index contributed by atoms with van der Waals surface area (Å²) in [6.45, 7) is 8.31. The first kappa shape index (κ1) is 18.2. The number of hydrogen-bond acceptors (Lipinski definition) is 3. The molecule has 1 saturated heterocycles. The Hall–Kier alpha value is -2.14. The number of aromatic nitrogens is 2. The van der Waals surface area contributed by atoms with Crippen molar-refractivity contribution in [2.75, 3.05) is 26.2 Å². The number of halogens is 1. The van der Waals surface area contributed by atoms with Crippen LogP contribution in [0.25, 0.3) is 11.1 Å². The van der Waals surface area contributed by atoms with Crippen LogP contribution in [0.15, 0.2) is 54.6 Å². The molecule has 0 atom stereocenters. The first-order valence-corrected chi connectivity index (χ1v) is 9.85. The van der Waals surface area contributed by atoms with Gasteiger partial charge < -0.3 is 0 Å². The van der Waals surface area contributed by atoms with Crippen molar-refractivity contribution in [3.63, 3.8) is 0 Å². The van der Waals surface area contributed by atoms with Crippen LogP contribution in [0.3, 0.4) is 0 Å². The summed E-state index contributed by atoms with van der Waals surface area (Å²) in [5.41, 5.74) is 5.99. The van der Waals surface area contributed by atoms with Gasteiger partial charge in [-0.2, -0.15) is 5.10 Å². The van der Waals surface area contributed by atoms with E-state index in [0.717, 1.165) is 55.7 Å². The molecule has 0 aliphatic carbocycles. The number of aryl methyl sites for hydroxylation is 1. The SMILES string of the molecule is Cc1[nH]nc(CN2CCN(Cc3ccccc3)CC2)c1-c1ccc(Cl)cc1. The van der Waals surface area contributed by atoms with Crippen molar-refractivity contribution < 1.29 is 0 Å². The van der Waals surface area contributed by atoms with E-state index in [1.165, 1.54) is 16.7 Å². The van der Waals surface area contributed by atoms with Crippen molar-refractivity contribution in [3.8, 4) is 11.1 Å². The van der Waals surface area contributed by atoms with E-state index in [-0.39, 0.29) is 0 Å². The van der Waals surface area contributed by atoms with Crippen LogP contribution in [-0.4, -0.2) is 46.2 Å². The lowest BCUT2D eigenvalue weighted by molar-refractivity contribution is 0.121. The molecule has 0 radical (unpaired) electrons. The first-order valence-electron chi connectivity index (χ1n) is 9.47. The second kappa shape index (κ2) is 8.26. The Morgan fingerprint density at radius 2 is 1.52 bits per heavy atom. The zero-order chi connectivity index (χ0) is 18.6. The lowest BCUT2D eigenvalue weighted by Crippen LogP contribution is -2.45. The number of hydrogen-bond donors (Lipinski definition) is 1. The third-order valence-corrected chi connectivity index (χ3v) is 5.49. The Labute approximate surface area is 165 Å². The topological polar surface area (TPSA) is 35.2 Å². The number of aromatic amines is 1. The number of piperazine rings is 1. The highest BCUT2D eigenvalue weighted by atomic mass is 35.5. The molecule has 1 fully saturated rings. The second-order valence-electron chi connectivity index (χ2n) is 7.22. The molecule has 0 unspecified atom stereocenters. The number of nitrogens with one attached hydrogen (secondary N) is 1. The molecule has 1 aliphatic rings. The van der Waals surface area contributed by atoms with Gasteiger partial charge in [-0.15, -0.1) is 0 Å². The van der Waals surface area contributed by atoms with Crippen LogP contribution in [0, 0.1) is 6.92 Å². The van der Waals surface area contributed by atoms with Crippen LogP contribution in [0.5, 0.6) is 0 Å². The monoisotopic (exact) mass is 380 g/mol. The van der Waals surface area contributed by atoms with Gasteiger partial charge in [-0.3, -0.25) is 14.9 Å². The minimum atomic E-state index is 0.760. The zero-order valence-corrected chi connectivity index (χ0v) is 16.4. The average Bonchev–Trinajstić information content (AvgIpc) is 3.05. The highest BCUT2D eigenvalue weighted by molar-refractivity contribution is 6.30. The van der Waals surface area contributed by atoms with Crippen LogP contribution in [0.1, 0.15) is 17.0 Å². The maximum atomic E-state index is 6.04. The fourth-order valence-corrected chi connectivity index (χ4v) is 3.88. The van der Waals surface area contributed by atoms with Crippen molar-refractivity contribution in [2.45, 2.75) is 20.0 Å². The Bertz CT molecular complexity index is 865. The molecular weight excluding hydrogens is 356 g/mol. The lowest BCUT2D eigenvalue weighted by Gasteiger charge is -2.34. The average molecular weight is 381 g/mol. The normalized spacial score (nSPS) is 15.9. The van der Waals surface area contributed by atoms with Crippen LogP contribution in [-0.2, 0) is 13.1 Å². The number of nitrogens with zero attached hydrogens (tertiary/aromatic N) is 3. The van der Waals surface area contributed by atoms with Crippen LogP contribution >= 0.6 is 11.6 Å². The van der Waals surface area contributed by atoms with Gasteiger partial charge in [0.25, 0.3) is 0 Å². The minimum absolute atomic E-state index is 0.760. The molecule has 140 valence electrons. The highest BCUT2D eigenvalue weighted by Gasteiger charge is 2.20.